The SMILES string of the molecule is CCCCC(CC)CNCc1ccc(C)c(Cl)c1. The van der Waals surface area contributed by atoms with Gasteiger partial charge in [0, 0.05) is 11.6 Å². The van der Waals surface area contributed by atoms with Gasteiger partial charge in [0.05, 0.1) is 0 Å². The monoisotopic (exact) mass is 267 g/mol. The molecule has 18 heavy (non-hydrogen) atoms. The van der Waals surface area contributed by atoms with E-state index in [1.165, 1.54) is 31.2 Å². The van der Waals surface area contributed by atoms with Crippen LogP contribution in [0.15, 0.2) is 18.2 Å². The molecular weight excluding hydrogens is 242 g/mol. The molecule has 0 saturated carbocycles. The first-order valence-electron chi connectivity index (χ1n) is 7.13. The number of unbranched alkanes of at least 4 members (excludes halogenated alkanes) is 1. The Balaban J connectivity index is 2.33. The Bertz CT molecular complexity index is 349. The van der Waals surface area contributed by atoms with Gasteiger partial charge in [-0.3, -0.25) is 0 Å². The Morgan fingerprint density at radius 3 is 2.67 bits per heavy atom. The summed E-state index contributed by atoms with van der Waals surface area (Å²) in [5, 5.41) is 4.42. The summed E-state index contributed by atoms with van der Waals surface area (Å²) in [7, 11) is 0. The Hall–Kier alpha value is -0.530. The second-order valence-corrected chi connectivity index (χ2v) is 5.54. The molecular formula is C16H26ClN. The molecule has 0 saturated heterocycles. The average molecular weight is 268 g/mol. The first-order chi connectivity index (χ1) is 8.67. The predicted octanol–water partition coefficient (Wildman–Crippen LogP) is 4.95. The fraction of sp³-hybridized carbons (Fsp3) is 0.625. The molecule has 1 unspecified atom stereocenters. The van der Waals surface area contributed by atoms with Crippen molar-refractivity contribution < 1.29 is 0 Å². The van der Waals surface area contributed by atoms with E-state index in [0.717, 1.165) is 29.6 Å². The number of benzene rings is 1. The summed E-state index contributed by atoms with van der Waals surface area (Å²) in [5.41, 5.74) is 2.42. The molecule has 0 aliphatic heterocycles. The molecule has 0 amide bonds. The lowest BCUT2D eigenvalue weighted by atomic mass is 9.99. The first kappa shape index (κ1) is 15.5. The van der Waals surface area contributed by atoms with E-state index in [1.54, 1.807) is 0 Å². The van der Waals surface area contributed by atoms with Gasteiger partial charge in [-0.2, -0.15) is 0 Å². The molecule has 1 aromatic carbocycles. The van der Waals surface area contributed by atoms with E-state index in [9.17, 15) is 0 Å². The summed E-state index contributed by atoms with van der Waals surface area (Å²) < 4.78 is 0. The highest BCUT2D eigenvalue weighted by Gasteiger charge is 2.05. The van der Waals surface area contributed by atoms with Crippen molar-refractivity contribution in [1.29, 1.82) is 0 Å². The maximum atomic E-state index is 6.12. The van der Waals surface area contributed by atoms with Gasteiger partial charge in [0.1, 0.15) is 0 Å². The molecule has 0 aliphatic rings. The standard InChI is InChI=1S/C16H26ClN/c1-4-6-7-14(5-2)11-18-12-15-9-8-13(3)16(17)10-15/h8-10,14,18H,4-7,11-12H2,1-3H3. The van der Waals surface area contributed by atoms with Gasteiger partial charge >= 0.3 is 0 Å². The molecule has 0 aromatic heterocycles. The van der Waals surface area contributed by atoms with Crippen molar-refractivity contribution in [3.8, 4) is 0 Å². The zero-order valence-electron chi connectivity index (χ0n) is 11.9. The van der Waals surface area contributed by atoms with E-state index in [-0.39, 0.29) is 0 Å². The van der Waals surface area contributed by atoms with Crippen molar-refractivity contribution in [3.63, 3.8) is 0 Å². The number of rotatable bonds is 8. The van der Waals surface area contributed by atoms with Crippen molar-refractivity contribution in [3.05, 3.63) is 34.3 Å². The zero-order chi connectivity index (χ0) is 13.4. The van der Waals surface area contributed by atoms with Crippen LogP contribution in [-0.4, -0.2) is 6.54 Å². The Morgan fingerprint density at radius 2 is 2.06 bits per heavy atom. The Kier molecular flexibility index (Phi) is 7.38. The normalized spacial score (nSPS) is 12.7. The fourth-order valence-electron chi connectivity index (χ4n) is 2.11. The minimum Gasteiger partial charge on any atom is -0.312 e. The minimum atomic E-state index is 0.811. The van der Waals surface area contributed by atoms with Crippen LogP contribution in [0.2, 0.25) is 5.02 Å². The van der Waals surface area contributed by atoms with Gasteiger partial charge in [-0.1, -0.05) is 56.8 Å². The smallest absolute Gasteiger partial charge is 0.0438 e. The summed E-state index contributed by atoms with van der Waals surface area (Å²) in [6.45, 7) is 8.61. The first-order valence-corrected chi connectivity index (χ1v) is 7.50. The molecule has 1 rings (SSSR count). The summed E-state index contributed by atoms with van der Waals surface area (Å²) in [6, 6.07) is 6.31. The Labute approximate surface area is 117 Å². The minimum absolute atomic E-state index is 0.811. The summed E-state index contributed by atoms with van der Waals surface area (Å²) >= 11 is 6.12. The van der Waals surface area contributed by atoms with Crippen LogP contribution in [0.25, 0.3) is 0 Å². The van der Waals surface area contributed by atoms with Crippen molar-refractivity contribution in [2.75, 3.05) is 6.54 Å². The van der Waals surface area contributed by atoms with Gasteiger partial charge in [-0.15, -0.1) is 0 Å². The van der Waals surface area contributed by atoms with Crippen LogP contribution in [0, 0.1) is 12.8 Å². The van der Waals surface area contributed by atoms with E-state index in [2.05, 4.69) is 37.4 Å². The topological polar surface area (TPSA) is 12.0 Å². The van der Waals surface area contributed by atoms with Crippen LogP contribution in [0.3, 0.4) is 0 Å². The second kappa shape index (κ2) is 8.55. The van der Waals surface area contributed by atoms with Crippen molar-refractivity contribution >= 4 is 11.6 Å². The molecule has 102 valence electrons. The molecule has 0 spiro atoms. The zero-order valence-corrected chi connectivity index (χ0v) is 12.7. The molecule has 1 nitrogen and oxygen atoms in total. The summed E-state index contributed by atoms with van der Waals surface area (Å²) in [4.78, 5) is 0. The van der Waals surface area contributed by atoms with Crippen LogP contribution in [0.5, 0.6) is 0 Å². The van der Waals surface area contributed by atoms with Crippen LogP contribution in [0.1, 0.15) is 50.7 Å². The highest BCUT2D eigenvalue weighted by molar-refractivity contribution is 6.31. The molecule has 1 aromatic rings. The summed E-state index contributed by atoms with van der Waals surface area (Å²) in [5.74, 6) is 0.811. The van der Waals surface area contributed by atoms with Gasteiger partial charge in [0.15, 0.2) is 0 Å². The predicted molar refractivity (Wildman–Crippen MR) is 81.2 cm³/mol. The van der Waals surface area contributed by atoms with Crippen molar-refractivity contribution in [2.24, 2.45) is 5.92 Å². The third-order valence-corrected chi connectivity index (χ3v) is 3.95. The number of aryl methyl sites for hydroxylation is 1. The summed E-state index contributed by atoms with van der Waals surface area (Å²) in [6.07, 6.45) is 5.25. The number of halogens is 1. The lowest BCUT2D eigenvalue weighted by Gasteiger charge is -2.15. The molecule has 0 heterocycles. The highest BCUT2D eigenvalue weighted by atomic mass is 35.5. The van der Waals surface area contributed by atoms with E-state index >= 15 is 0 Å². The maximum Gasteiger partial charge on any atom is 0.0438 e. The van der Waals surface area contributed by atoms with E-state index in [4.69, 9.17) is 11.6 Å². The van der Waals surface area contributed by atoms with Gasteiger partial charge in [0.2, 0.25) is 0 Å². The lowest BCUT2D eigenvalue weighted by Crippen LogP contribution is -2.22. The molecule has 1 N–H and O–H groups in total. The number of hydrogen-bond donors (Lipinski definition) is 1. The van der Waals surface area contributed by atoms with Crippen molar-refractivity contribution in [1.82, 2.24) is 5.32 Å². The molecule has 2 heteroatoms. The van der Waals surface area contributed by atoms with E-state index in [0.29, 0.717) is 0 Å². The molecule has 0 bridgehead atoms. The van der Waals surface area contributed by atoms with E-state index in [1.807, 2.05) is 6.92 Å². The quantitative estimate of drug-likeness (QED) is 0.702. The van der Waals surface area contributed by atoms with Crippen LogP contribution < -0.4 is 5.32 Å². The van der Waals surface area contributed by atoms with Gasteiger partial charge in [-0.25, -0.2) is 0 Å². The lowest BCUT2D eigenvalue weighted by molar-refractivity contribution is 0.419. The van der Waals surface area contributed by atoms with Gasteiger partial charge in [-0.05, 0) is 43.0 Å². The average Bonchev–Trinajstić information content (AvgIpc) is 2.37. The third kappa shape index (κ3) is 5.41. The molecule has 1 atom stereocenters. The largest absolute Gasteiger partial charge is 0.312 e. The van der Waals surface area contributed by atoms with Gasteiger partial charge < -0.3 is 5.32 Å². The van der Waals surface area contributed by atoms with Crippen LogP contribution in [-0.2, 0) is 6.54 Å². The highest BCUT2D eigenvalue weighted by Crippen LogP contribution is 2.17. The van der Waals surface area contributed by atoms with Gasteiger partial charge in [0.25, 0.3) is 0 Å². The molecule has 0 fully saturated rings. The number of nitrogens with one attached hydrogen (secondary N) is 1. The van der Waals surface area contributed by atoms with Crippen LogP contribution in [0.4, 0.5) is 0 Å². The Morgan fingerprint density at radius 1 is 1.28 bits per heavy atom. The third-order valence-electron chi connectivity index (χ3n) is 3.54. The van der Waals surface area contributed by atoms with E-state index < -0.39 is 0 Å². The second-order valence-electron chi connectivity index (χ2n) is 5.13. The number of hydrogen-bond acceptors (Lipinski definition) is 1. The van der Waals surface area contributed by atoms with Crippen LogP contribution >= 0.6 is 11.6 Å². The molecule has 0 aliphatic carbocycles. The fourth-order valence-corrected chi connectivity index (χ4v) is 2.31. The molecule has 0 radical (unpaired) electrons. The van der Waals surface area contributed by atoms with Crippen molar-refractivity contribution in [2.45, 2.75) is 53.0 Å². The maximum absolute atomic E-state index is 6.12.